The minimum absolute atomic E-state index is 0.127. The lowest BCUT2D eigenvalue weighted by atomic mass is 9.62. The maximum Gasteiger partial charge on any atom is 0.287 e. The molecule has 3 heteroatoms. The molecule has 0 aromatic rings. The van der Waals surface area contributed by atoms with Gasteiger partial charge in [-0.1, -0.05) is 25.5 Å². The van der Waals surface area contributed by atoms with Crippen LogP contribution in [0.4, 0.5) is 0 Å². The number of hydrogen-bond donors (Lipinski definition) is 2. The molecule has 2 nitrogen and oxygen atoms in total. The molecule has 0 amide bonds. The Hall–Kier alpha value is -0.275. The van der Waals surface area contributed by atoms with Gasteiger partial charge >= 0.3 is 0 Å². The molecule has 1 radical (unpaired) electrons. The molecule has 2 N–H and O–H groups in total. The minimum atomic E-state index is -0.127. The lowest BCUT2D eigenvalue weighted by molar-refractivity contribution is 0.00835. The van der Waals surface area contributed by atoms with Crippen molar-refractivity contribution in [3.05, 3.63) is 11.6 Å². The standard InChI is InChI=1S/C13H22BO2/c1-9(8-14-16)10-5-6-11-12(15)4-3-7-13(10,11)2/h5,9,11-12,15-16H,3-4,6-8H2,1-2H3/t9-,11?,12+,13-/m1/s1. The molecule has 0 saturated heterocycles. The van der Waals surface area contributed by atoms with Gasteiger partial charge in [0.2, 0.25) is 0 Å². The second kappa shape index (κ2) is 4.54. The average Bonchev–Trinajstić information content (AvgIpc) is 2.57. The van der Waals surface area contributed by atoms with Gasteiger partial charge in [0, 0.05) is 0 Å². The van der Waals surface area contributed by atoms with Crippen molar-refractivity contribution in [2.75, 3.05) is 0 Å². The fraction of sp³-hybridized carbons (Fsp3) is 0.846. The fourth-order valence-electron chi connectivity index (χ4n) is 3.80. The van der Waals surface area contributed by atoms with Crippen LogP contribution in [0.2, 0.25) is 6.32 Å². The minimum Gasteiger partial charge on any atom is -0.454 e. The third-order valence-corrected chi connectivity index (χ3v) is 4.72. The summed E-state index contributed by atoms with van der Waals surface area (Å²) in [7, 11) is 1.27. The molecule has 1 fully saturated rings. The van der Waals surface area contributed by atoms with Crippen LogP contribution in [0.3, 0.4) is 0 Å². The largest absolute Gasteiger partial charge is 0.454 e. The van der Waals surface area contributed by atoms with Crippen LogP contribution in [-0.2, 0) is 0 Å². The Labute approximate surface area is 99.0 Å². The van der Waals surface area contributed by atoms with E-state index in [0.29, 0.717) is 11.8 Å². The van der Waals surface area contributed by atoms with E-state index in [0.717, 1.165) is 25.6 Å². The van der Waals surface area contributed by atoms with Gasteiger partial charge in [-0.05, 0) is 49.3 Å². The highest BCUT2D eigenvalue weighted by Gasteiger charge is 2.47. The molecule has 4 atom stereocenters. The predicted molar refractivity (Wildman–Crippen MR) is 66.1 cm³/mol. The quantitative estimate of drug-likeness (QED) is 0.566. The summed E-state index contributed by atoms with van der Waals surface area (Å²) in [6.45, 7) is 4.47. The van der Waals surface area contributed by atoms with Gasteiger partial charge < -0.3 is 10.1 Å². The molecule has 2 aliphatic rings. The monoisotopic (exact) mass is 221 g/mol. The zero-order chi connectivity index (χ0) is 11.8. The van der Waals surface area contributed by atoms with Gasteiger partial charge in [-0.3, -0.25) is 0 Å². The van der Waals surface area contributed by atoms with Crippen molar-refractivity contribution >= 4 is 7.48 Å². The molecule has 2 aliphatic carbocycles. The second-order valence-corrected chi connectivity index (χ2v) is 5.70. The lowest BCUT2D eigenvalue weighted by Crippen LogP contribution is -2.39. The van der Waals surface area contributed by atoms with E-state index in [1.165, 1.54) is 19.5 Å². The van der Waals surface area contributed by atoms with E-state index in [-0.39, 0.29) is 11.5 Å². The third-order valence-electron chi connectivity index (χ3n) is 4.72. The number of aliphatic hydroxyl groups is 1. The third kappa shape index (κ3) is 1.84. The molecule has 0 bridgehead atoms. The average molecular weight is 221 g/mol. The number of rotatable bonds is 3. The molecule has 0 heterocycles. The molecular formula is C13H22BO2. The highest BCUT2D eigenvalue weighted by atomic mass is 16.3. The van der Waals surface area contributed by atoms with Gasteiger partial charge in [0.25, 0.3) is 7.48 Å². The Morgan fingerprint density at radius 3 is 3.06 bits per heavy atom. The van der Waals surface area contributed by atoms with Crippen molar-refractivity contribution in [2.45, 2.75) is 52.0 Å². The highest BCUT2D eigenvalue weighted by molar-refractivity contribution is 6.25. The number of fused-ring (bicyclic) bond motifs is 1. The van der Waals surface area contributed by atoms with Gasteiger partial charge in [0.1, 0.15) is 0 Å². The summed E-state index contributed by atoms with van der Waals surface area (Å²) in [4.78, 5) is 0. The first-order chi connectivity index (χ1) is 7.59. The number of hydrogen-bond acceptors (Lipinski definition) is 2. The van der Waals surface area contributed by atoms with Crippen LogP contribution < -0.4 is 0 Å². The van der Waals surface area contributed by atoms with Crippen molar-refractivity contribution in [1.82, 2.24) is 0 Å². The van der Waals surface area contributed by atoms with Crippen molar-refractivity contribution in [2.24, 2.45) is 17.3 Å². The maximum atomic E-state index is 10.1. The lowest BCUT2D eigenvalue weighted by Gasteiger charge is -2.43. The first kappa shape index (κ1) is 12.2. The topological polar surface area (TPSA) is 40.5 Å². The summed E-state index contributed by atoms with van der Waals surface area (Å²) in [6, 6.07) is 0. The molecule has 0 aromatic carbocycles. The highest BCUT2D eigenvalue weighted by Crippen LogP contribution is 2.54. The Morgan fingerprint density at radius 2 is 2.38 bits per heavy atom. The van der Waals surface area contributed by atoms with Crippen molar-refractivity contribution < 1.29 is 10.1 Å². The number of aliphatic hydroxyl groups excluding tert-OH is 1. The van der Waals surface area contributed by atoms with Crippen molar-refractivity contribution in [3.63, 3.8) is 0 Å². The molecule has 2 rings (SSSR count). The first-order valence-corrected chi connectivity index (χ1v) is 6.44. The van der Waals surface area contributed by atoms with E-state index < -0.39 is 0 Å². The van der Waals surface area contributed by atoms with Crippen LogP contribution in [0.5, 0.6) is 0 Å². The Kier molecular flexibility index (Phi) is 3.46. The molecule has 0 aliphatic heterocycles. The summed E-state index contributed by atoms with van der Waals surface area (Å²) >= 11 is 0. The van der Waals surface area contributed by atoms with Crippen LogP contribution in [0, 0.1) is 17.3 Å². The van der Waals surface area contributed by atoms with Crippen molar-refractivity contribution in [1.29, 1.82) is 0 Å². The predicted octanol–water partition coefficient (Wildman–Crippen LogP) is 2.15. The van der Waals surface area contributed by atoms with Gasteiger partial charge in [-0.15, -0.1) is 0 Å². The van der Waals surface area contributed by atoms with E-state index in [1.807, 2.05) is 0 Å². The van der Waals surface area contributed by atoms with Gasteiger partial charge in [-0.25, -0.2) is 0 Å². The zero-order valence-corrected chi connectivity index (χ0v) is 10.3. The first-order valence-electron chi connectivity index (χ1n) is 6.44. The Morgan fingerprint density at radius 1 is 1.62 bits per heavy atom. The molecule has 1 saturated carbocycles. The second-order valence-electron chi connectivity index (χ2n) is 5.70. The van der Waals surface area contributed by atoms with Crippen LogP contribution in [0.15, 0.2) is 11.6 Å². The summed E-state index contributed by atoms with van der Waals surface area (Å²) < 4.78 is 0. The summed E-state index contributed by atoms with van der Waals surface area (Å²) in [5, 5.41) is 19.0. The molecule has 0 aromatic heterocycles. The summed E-state index contributed by atoms with van der Waals surface area (Å²) in [5.74, 6) is 0.822. The molecule has 16 heavy (non-hydrogen) atoms. The van der Waals surface area contributed by atoms with E-state index in [4.69, 9.17) is 5.02 Å². The Balaban J connectivity index is 2.16. The maximum absolute atomic E-state index is 10.1. The molecule has 89 valence electrons. The van der Waals surface area contributed by atoms with Gasteiger partial charge in [-0.2, -0.15) is 0 Å². The van der Waals surface area contributed by atoms with Crippen LogP contribution >= 0.6 is 0 Å². The SMILES string of the molecule is C[C@H](C[B]O)C1=CCC2[C@@H](O)CCC[C@]12C. The molecule has 0 spiro atoms. The van der Waals surface area contributed by atoms with E-state index in [9.17, 15) is 5.11 Å². The summed E-state index contributed by atoms with van der Waals surface area (Å²) in [5.41, 5.74) is 1.64. The zero-order valence-electron chi connectivity index (χ0n) is 10.3. The fourth-order valence-corrected chi connectivity index (χ4v) is 3.80. The van der Waals surface area contributed by atoms with E-state index >= 15 is 0 Å². The normalized spacial score (nSPS) is 40.1. The molecule has 1 unspecified atom stereocenters. The summed E-state index contributed by atoms with van der Waals surface area (Å²) in [6.07, 6.45) is 7.21. The van der Waals surface area contributed by atoms with Crippen LogP contribution in [0.1, 0.15) is 39.5 Å². The van der Waals surface area contributed by atoms with Crippen molar-refractivity contribution in [3.8, 4) is 0 Å². The Bertz CT molecular complexity index is 290. The van der Waals surface area contributed by atoms with Gasteiger partial charge in [0.15, 0.2) is 0 Å². The van der Waals surface area contributed by atoms with Crippen LogP contribution in [-0.4, -0.2) is 23.7 Å². The molecular weight excluding hydrogens is 199 g/mol. The number of allylic oxidation sites excluding steroid dienone is 2. The smallest absolute Gasteiger partial charge is 0.287 e. The van der Waals surface area contributed by atoms with Gasteiger partial charge in [0.05, 0.1) is 6.10 Å². The van der Waals surface area contributed by atoms with E-state index in [1.54, 1.807) is 0 Å². The van der Waals surface area contributed by atoms with E-state index in [2.05, 4.69) is 19.9 Å². The van der Waals surface area contributed by atoms with Crippen LogP contribution in [0.25, 0.3) is 0 Å².